The molecule has 1 aliphatic carbocycles. The van der Waals surface area contributed by atoms with E-state index in [9.17, 15) is 4.79 Å². The van der Waals surface area contributed by atoms with Gasteiger partial charge in [0.2, 0.25) is 0 Å². The fourth-order valence-corrected chi connectivity index (χ4v) is 2.93. The number of likely N-dealkylation sites (tertiary alicyclic amines) is 1. The Labute approximate surface area is 95.5 Å². The predicted molar refractivity (Wildman–Crippen MR) is 61.0 cm³/mol. The summed E-state index contributed by atoms with van der Waals surface area (Å²) in [5, 5.41) is 0. The van der Waals surface area contributed by atoms with E-state index < -0.39 is 0 Å². The van der Waals surface area contributed by atoms with Crippen LogP contribution in [-0.2, 0) is 0 Å². The Bertz CT molecular complexity index is 390. The van der Waals surface area contributed by atoms with Crippen molar-refractivity contribution in [1.82, 2.24) is 9.88 Å². The molecule has 3 nitrogen and oxygen atoms in total. The minimum Gasteiger partial charge on any atom is -0.334 e. The van der Waals surface area contributed by atoms with E-state index in [4.69, 9.17) is 0 Å². The van der Waals surface area contributed by atoms with E-state index in [0.29, 0.717) is 11.7 Å². The SMILES string of the molecule is O=C(c1ccccn1)N1CC2CCCCC21. The molecule has 2 fully saturated rings. The van der Waals surface area contributed by atoms with Crippen LogP contribution in [-0.4, -0.2) is 28.4 Å². The number of fused-ring (bicyclic) bond motifs is 1. The average molecular weight is 216 g/mol. The summed E-state index contributed by atoms with van der Waals surface area (Å²) in [5.74, 6) is 0.880. The molecule has 16 heavy (non-hydrogen) atoms. The Morgan fingerprint density at radius 3 is 2.94 bits per heavy atom. The van der Waals surface area contributed by atoms with Gasteiger partial charge in [0.25, 0.3) is 5.91 Å². The van der Waals surface area contributed by atoms with Crippen LogP contribution in [0.1, 0.15) is 36.2 Å². The van der Waals surface area contributed by atoms with E-state index in [2.05, 4.69) is 4.98 Å². The van der Waals surface area contributed by atoms with Crippen LogP contribution in [0, 0.1) is 5.92 Å². The van der Waals surface area contributed by atoms with Crippen LogP contribution in [0.25, 0.3) is 0 Å². The zero-order chi connectivity index (χ0) is 11.0. The standard InChI is InChI=1S/C13H16N2O/c16-13(11-6-3-4-8-14-11)15-9-10-5-1-2-7-12(10)15/h3-4,6,8,10,12H,1-2,5,7,9H2. The van der Waals surface area contributed by atoms with Gasteiger partial charge in [-0.1, -0.05) is 18.9 Å². The van der Waals surface area contributed by atoms with Gasteiger partial charge in [-0.3, -0.25) is 9.78 Å². The molecule has 2 aliphatic rings. The van der Waals surface area contributed by atoms with Crippen LogP contribution >= 0.6 is 0 Å². The fourth-order valence-electron chi connectivity index (χ4n) is 2.93. The Hall–Kier alpha value is -1.38. The first kappa shape index (κ1) is 9.82. The molecule has 0 radical (unpaired) electrons. The van der Waals surface area contributed by atoms with Crippen molar-refractivity contribution in [1.29, 1.82) is 0 Å². The Morgan fingerprint density at radius 1 is 1.31 bits per heavy atom. The highest BCUT2D eigenvalue weighted by molar-refractivity contribution is 5.93. The zero-order valence-electron chi connectivity index (χ0n) is 9.30. The number of aromatic nitrogens is 1. The molecule has 0 N–H and O–H groups in total. The van der Waals surface area contributed by atoms with Gasteiger partial charge in [-0.05, 0) is 30.9 Å². The van der Waals surface area contributed by atoms with Gasteiger partial charge >= 0.3 is 0 Å². The van der Waals surface area contributed by atoms with Crippen LogP contribution < -0.4 is 0 Å². The van der Waals surface area contributed by atoms with E-state index in [-0.39, 0.29) is 5.91 Å². The highest BCUT2D eigenvalue weighted by Gasteiger charge is 2.43. The van der Waals surface area contributed by atoms with Gasteiger partial charge in [0.1, 0.15) is 5.69 Å². The third-order valence-corrected chi connectivity index (χ3v) is 3.85. The van der Waals surface area contributed by atoms with Crippen molar-refractivity contribution >= 4 is 5.91 Å². The fraction of sp³-hybridized carbons (Fsp3) is 0.538. The van der Waals surface area contributed by atoms with Crippen LogP contribution in [0.4, 0.5) is 0 Å². The van der Waals surface area contributed by atoms with Gasteiger partial charge in [-0.15, -0.1) is 0 Å². The molecule has 1 aliphatic heterocycles. The lowest BCUT2D eigenvalue weighted by Gasteiger charge is -2.50. The third-order valence-electron chi connectivity index (χ3n) is 3.85. The maximum atomic E-state index is 12.1. The number of pyridine rings is 1. The summed E-state index contributed by atoms with van der Waals surface area (Å²) in [6.45, 7) is 0.945. The molecule has 2 atom stereocenters. The largest absolute Gasteiger partial charge is 0.334 e. The van der Waals surface area contributed by atoms with Crippen molar-refractivity contribution in [3.8, 4) is 0 Å². The number of amides is 1. The van der Waals surface area contributed by atoms with Gasteiger partial charge < -0.3 is 4.90 Å². The second-order valence-corrected chi connectivity index (χ2v) is 4.78. The molecule has 84 valence electrons. The minimum atomic E-state index is 0.115. The molecule has 1 aromatic rings. The van der Waals surface area contributed by atoms with Crippen molar-refractivity contribution in [3.63, 3.8) is 0 Å². The van der Waals surface area contributed by atoms with E-state index in [0.717, 1.165) is 12.5 Å². The highest BCUT2D eigenvalue weighted by atomic mass is 16.2. The molecule has 3 rings (SSSR count). The van der Waals surface area contributed by atoms with E-state index >= 15 is 0 Å². The molecule has 0 aromatic carbocycles. The summed E-state index contributed by atoms with van der Waals surface area (Å²) >= 11 is 0. The third kappa shape index (κ3) is 1.51. The van der Waals surface area contributed by atoms with Crippen LogP contribution in [0.5, 0.6) is 0 Å². The summed E-state index contributed by atoms with van der Waals surface area (Å²) in [5.41, 5.74) is 0.589. The van der Waals surface area contributed by atoms with E-state index in [1.807, 2.05) is 17.0 Å². The lowest BCUT2D eigenvalue weighted by atomic mass is 9.76. The van der Waals surface area contributed by atoms with Gasteiger partial charge in [0, 0.05) is 18.8 Å². The second kappa shape index (κ2) is 3.89. The van der Waals surface area contributed by atoms with Gasteiger partial charge in [-0.25, -0.2) is 0 Å². The topological polar surface area (TPSA) is 33.2 Å². The molecule has 1 aromatic heterocycles. The smallest absolute Gasteiger partial charge is 0.272 e. The summed E-state index contributed by atoms with van der Waals surface area (Å²) in [6, 6.07) is 6.02. The summed E-state index contributed by atoms with van der Waals surface area (Å²) < 4.78 is 0. The number of hydrogen-bond donors (Lipinski definition) is 0. The quantitative estimate of drug-likeness (QED) is 0.720. The lowest BCUT2D eigenvalue weighted by Crippen LogP contribution is -2.59. The lowest BCUT2D eigenvalue weighted by molar-refractivity contribution is -0.00409. The predicted octanol–water partition coefficient (Wildman–Crippen LogP) is 2.10. The van der Waals surface area contributed by atoms with Crippen LogP contribution in [0.15, 0.2) is 24.4 Å². The Morgan fingerprint density at radius 2 is 2.19 bits per heavy atom. The number of hydrogen-bond acceptors (Lipinski definition) is 2. The van der Waals surface area contributed by atoms with Crippen molar-refractivity contribution in [2.24, 2.45) is 5.92 Å². The maximum Gasteiger partial charge on any atom is 0.272 e. The molecule has 2 unspecified atom stereocenters. The minimum absolute atomic E-state index is 0.115. The molecule has 2 heterocycles. The molecule has 1 saturated heterocycles. The van der Waals surface area contributed by atoms with Crippen molar-refractivity contribution < 1.29 is 4.79 Å². The van der Waals surface area contributed by atoms with Gasteiger partial charge in [0.05, 0.1) is 0 Å². The van der Waals surface area contributed by atoms with Crippen LogP contribution in [0.2, 0.25) is 0 Å². The highest BCUT2D eigenvalue weighted by Crippen LogP contribution is 2.37. The molecule has 1 saturated carbocycles. The first-order valence-corrected chi connectivity index (χ1v) is 6.08. The normalized spacial score (nSPS) is 28.1. The summed E-state index contributed by atoms with van der Waals surface area (Å²) in [7, 11) is 0. The molecular weight excluding hydrogens is 200 g/mol. The summed E-state index contributed by atoms with van der Waals surface area (Å²) in [6.07, 6.45) is 6.78. The van der Waals surface area contributed by atoms with Crippen molar-refractivity contribution in [3.05, 3.63) is 30.1 Å². The van der Waals surface area contributed by atoms with E-state index in [1.165, 1.54) is 25.7 Å². The maximum absolute atomic E-state index is 12.1. The second-order valence-electron chi connectivity index (χ2n) is 4.78. The monoisotopic (exact) mass is 216 g/mol. The first-order valence-electron chi connectivity index (χ1n) is 6.08. The molecule has 0 spiro atoms. The average Bonchev–Trinajstić information content (AvgIpc) is 2.32. The van der Waals surface area contributed by atoms with Crippen LogP contribution in [0.3, 0.4) is 0 Å². The Kier molecular flexibility index (Phi) is 2.39. The number of carbonyl (C=O) groups excluding carboxylic acids is 1. The van der Waals surface area contributed by atoms with Crippen molar-refractivity contribution in [2.45, 2.75) is 31.7 Å². The van der Waals surface area contributed by atoms with Gasteiger partial charge in [0.15, 0.2) is 0 Å². The molecular formula is C13H16N2O. The van der Waals surface area contributed by atoms with E-state index in [1.54, 1.807) is 12.3 Å². The van der Waals surface area contributed by atoms with Crippen molar-refractivity contribution in [2.75, 3.05) is 6.54 Å². The number of rotatable bonds is 1. The molecule has 1 amide bonds. The number of nitrogens with zero attached hydrogens (tertiary/aromatic N) is 2. The summed E-state index contributed by atoms with van der Waals surface area (Å²) in [4.78, 5) is 18.3. The molecule has 0 bridgehead atoms. The number of carbonyl (C=O) groups is 1. The Balaban J connectivity index is 1.73. The zero-order valence-corrected chi connectivity index (χ0v) is 9.30. The van der Waals surface area contributed by atoms with Gasteiger partial charge in [-0.2, -0.15) is 0 Å². The molecule has 3 heteroatoms. The first-order chi connectivity index (χ1) is 7.86.